The highest BCUT2D eigenvalue weighted by Crippen LogP contribution is 2.22. The minimum Gasteiger partial charge on any atom is -0.344 e. The fourth-order valence-electron chi connectivity index (χ4n) is 1.94. The van der Waals surface area contributed by atoms with Crippen LogP contribution in [0, 0.1) is 0 Å². The first-order valence-corrected chi connectivity index (χ1v) is 6.51. The van der Waals surface area contributed by atoms with E-state index in [2.05, 4.69) is 32.5 Å². The second kappa shape index (κ2) is 5.06. The van der Waals surface area contributed by atoms with E-state index in [-0.39, 0.29) is 0 Å². The molecule has 0 spiro atoms. The molecule has 5 heteroatoms. The predicted molar refractivity (Wildman–Crippen MR) is 71.7 cm³/mol. The van der Waals surface area contributed by atoms with Crippen LogP contribution in [0.5, 0.6) is 0 Å². The highest BCUT2D eigenvalue weighted by Gasteiger charge is 2.13. The molecule has 0 fully saturated rings. The Labute approximate surface area is 110 Å². The number of nitrogens with zero attached hydrogens (tertiary/aromatic N) is 3. The number of hydrogen-bond acceptors (Lipinski definition) is 2. The summed E-state index contributed by atoms with van der Waals surface area (Å²) in [5.41, 5.74) is 9.11. The summed E-state index contributed by atoms with van der Waals surface area (Å²) in [6, 6.07) is 4.07. The molecule has 0 radical (unpaired) electrons. The molecule has 2 aromatic rings. The first kappa shape index (κ1) is 12.4. The monoisotopic (exact) mass is 296 g/mol. The second-order valence-electron chi connectivity index (χ2n) is 4.02. The molecule has 0 saturated carbocycles. The summed E-state index contributed by atoms with van der Waals surface area (Å²) in [5.74, 6) is 0. The van der Waals surface area contributed by atoms with Gasteiger partial charge in [0.05, 0.1) is 22.4 Å². The molecule has 0 aliphatic carbocycles. The molecule has 2 N–H and O–H groups in total. The van der Waals surface area contributed by atoms with E-state index in [0.29, 0.717) is 6.54 Å². The molecule has 0 unspecified atom stereocenters. The predicted octanol–water partition coefficient (Wildman–Crippen LogP) is 2.05. The van der Waals surface area contributed by atoms with Crippen LogP contribution in [0.25, 0.3) is 0 Å². The topological polar surface area (TPSA) is 48.8 Å². The van der Waals surface area contributed by atoms with Crippen LogP contribution in [0.4, 0.5) is 0 Å². The van der Waals surface area contributed by atoms with Crippen LogP contribution in [-0.2, 0) is 26.6 Å². The minimum atomic E-state index is 0.559. The second-order valence-corrected chi connectivity index (χ2v) is 4.81. The highest BCUT2D eigenvalue weighted by atomic mass is 79.9. The summed E-state index contributed by atoms with van der Waals surface area (Å²) in [7, 11) is 1.98. The van der Waals surface area contributed by atoms with Crippen molar-refractivity contribution in [3.63, 3.8) is 0 Å². The molecule has 92 valence electrons. The molecule has 2 heterocycles. The maximum atomic E-state index is 5.70. The van der Waals surface area contributed by atoms with Gasteiger partial charge in [-0.3, -0.25) is 4.68 Å². The zero-order chi connectivity index (χ0) is 12.4. The number of aromatic nitrogens is 3. The third-order valence-electron chi connectivity index (χ3n) is 2.96. The van der Waals surface area contributed by atoms with Gasteiger partial charge >= 0.3 is 0 Å². The van der Waals surface area contributed by atoms with Crippen molar-refractivity contribution in [3.8, 4) is 0 Å². The van der Waals surface area contributed by atoms with Gasteiger partial charge in [-0.15, -0.1) is 0 Å². The molecular weight excluding hydrogens is 280 g/mol. The van der Waals surface area contributed by atoms with Crippen molar-refractivity contribution in [2.75, 3.05) is 0 Å². The Morgan fingerprint density at radius 3 is 2.82 bits per heavy atom. The number of hydrogen-bond donors (Lipinski definition) is 1. The molecule has 2 aromatic heterocycles. The summed E-state index contributed by atoms with van der Waals surface area (Å²) in [5, 5.41) is 4.49. The van der Waals surface area contributed by atoms with Crippen molar-refractivity contribution >= 4 is 15.9 Å². The molecule has 0 bridgehead atoms. The normalized spacial score (nSPS) is 11.1. The highest BCUT2D eigenvalue weighted by molar-refractivity contribution is 9.10. The molecular formula is C12H17BrN4. The van der Waals surface area contributed by atoms with Gasteiger partial charge in [-0.05, 0) is 34.5 Å². The van der Waals surface area contributed by atoms with E-state index in [9.17, 15) is 0 Å². The van der Waals surface area contributed by atoms with Crippen molar-refractivity contribution in [2.24, 2.45) is 12.8 Å². The molecule has 0 aromatic carbocycles. The quantitative estimate of drug-likeness (QED) is 0.939. The Bertz CT molecular complexity index is 513. The van der Waals surface area contributed by atoms with Gasteiger partial charge in [0.15, 0.2) is 0 Å². The van der Waals surface area contributed by atoms with Crippen molar-refractivity contribution in [3.05, 3.63) is 39.9 Å². The van der Waals surface area contributed by atoms with Crippen LogP contribution in [0.15, 0.2) is 22.8 Å². The van der Waals surface area contributed by atoms with Crippen LogP contribution in [0.1, 0.15) is 24.0 Å². The standard InChI is InChI=1S/C12H17BrN4/c1-3-10-12(13)11(16(2)15-10)8-17-6-4-5-9(17)7-14/h4-6H,3,7-8,14H2,1-2H3. The Morgan fingerprint density at radius 2 is 2.24 bits per heavy atom. The number of halogens is 1. The fraction of sp³-hybridized carbons (Fsp3) is 0.417. The molecule has 0 aliphatic heterocycles. The van der Waals surface area contributed by atoms with Gasteiger partial charge in [-0.25, -0.2) is 0 Å². The summed E-state index contributed by atoms with van der Waals surface area (Å²) < 4.78 is 5.20. The molecule has 0 amide bonds. The third-order valence-corrected chi connectivity index (χ3v) is 3.87. The van der Waals surface area contributed by atoms with Crippen LogP contribution < -0.4 is 5.73 Å². The first-order chi connectivity index (χ1) is 8.17. The molecule has 0 aliphatic rings. The molecule has 17 heavy (non-hydrogen) atoms. The van der Waals surface area contributed by atoms with E-state index in [1.165, 1.54) is 5.69 Å². The molecule has 0 atom stereocenters. The van der Waals surface area contributed by atoms with Crippen molar-refractivity contribution in [1.82, 2.24) is 14.3 Å². The lowest BCUT2D eigenvalue weighted by Gasteiger charge is -2.08. The van der Waals surface area contributed by atoms with Gasteiger partial charge in [0.25, 0.3) is 0 Å². The lowest BCUT2D eigenvalue weighted by atomic mass is 10.3. The van der Waals surface area contributed by atoms with E-state index in [4.69, 9.17) is 5.73 Å². The maximum absolute atomic E-state index is 5.70. The van der Waals surface area contributed by atoms with Crippen LogP contribution in [0.2, 0.25) is 0 Å². The van der Waals surface area contributed by atoms with Gasteiger partial charge in [0.1, 0.15) is 0 Å². The smallest absolute Gasteiger partial charge is 0.0767 e. The lowest BCUT2D eigenvalue weighted by Crippen LogP contribution is -2.10. The van der Waals surface area contributed by atoms with E-state index >= 15 is 0 Å². The van der Waals surface area contributed by atoms with Crippen molar-refractivity contribution < 1.29 is 0 Å². The van der Waals surface area contributed by atoms with E-state index in [0.717, 1.165) is 28.8 Å². The molecule has 2 rings (SSSR count). The number of aryl methyl sites for hydroxylation is 2. The fourth-order valence-corrected chi connectivity index (χ4v) is 2.68. The van der Waals surface area contributed by atoms with Gasteiger partial charge in [0, 0.05) is 25.5 Å². The Morgan fingerprint density at radius 1 is 1.47 bits per heavy atom. The molecule has 4 nitrogen and oxygen atoms in total. The van der Waals surface area contributed by atoms with Crippen LogP contribution in [0.3, 0.4) is 0 Å². The number of rotatable bonds is 4. The summed E-state index contributed by atoms with van der Waals surface area (Å²) in [6.45, 7) is 3.46. The van der Waals surface area contributed by atoms with Gasteiger partial charge in [0.2, 0.25) is 0 Å². The van der Waals surface area contributed by atoms with Crippen molar-refractivity contribution in [1.29, 1.82) is 0 Å². The first-order valence-electron chi connectivity index (χ1n) is 5.71. The summed E-state index contributed by atoms with van der Waals surface area (Å²) in [4.78, 5) is 0. The SMILES string of the molecule is CCc1nn(C)c(Cn2cccc2CN)c1Br. The average Bonchev–Trinajstić information content (AvgIpc) is 2.88. The third kappa shape index (κ3) is 2.30. The van der Waals surface area contributed by atoms with Gasteiger partial charge in [-0.2, -0.15) is 5.10 Å². The van der Waals surface area contributed by atoms with Gasteiger partial charge < -0.3 is 10.3 Å². The molecule has 0 saturated heterocycles. The minimum absolute atomic E-state index is 0.559. The van der Waals surface area contributed by atoms with Crippen LogP contribution >= 0.6 is 15.9 Å². The van der Waals surface area contributed by atoms with E-state index < -0.39 is 0 Å². The lowest BCUT2D eigenvalue weighted by molar-refractivity contribution is 0.645. The van der Waals surface area contributed by atoms with Crippen molar-refractivity contribution in [2.45, 2.75) is 26.4 Å². The average molecular weight is 297 g/mol. The van der Waals surface area contributed by atoms with E-state index in [1.54, 1.807) is 0 Å². The summed E-state index contributed by atoms with van der Waals surface area (Å²) >= 11 is 3.63. The van der Waals surface area contributed by atoms with Gasteiger partial charge in [-0.1, -0.05) is 6.92 Å². The zero-order valence-electron chi connectivity index (χ0n) is 10.2. The Kier molecular flexibility index (Phi) is 3.69. The number of nitrogens with two attached hydrogens (primary N) is 1. The van der Waals surface area contributed by atoms with Crippen LogP contribution in [-0.4, -0.2) is 14.3 Å². The Hall–Kier alpha value is -1.07. The zero-order valence-corrected chi connectivity index (χ0v) is 11.7. The van der Waals surface area contributed by atoms with E-state index in [1.807, 2.05) is 30.1 Å². The summed E-state index contributed by atoms with van der Waals surface area (Å²) in [6.07, 6.45) is 2.98. The maximum Gasteiger partial charge on any atom is 0.0767 e. The largest absolute Gasteiger partial charge is 0.344 e. The Balaban J connectivity index is 2.33.